The van der Waals surface area contributed by atoms with Crippen LogP contribution in [0.5, 0.6) is 0 Å². The molecule has 1 heterocycles. The summed E-state index contributed by atoms with van der Waals surface area (Å²) in [7, 11) is 0. The Morgan fingerprint density at radius 2 is 1.94 bits per heavy atom. The Kier molecular flexibility index (Phi) is 4.54. The molecule has 2 nitrogen and oxygen atoms in total. The van der Waals surface area contributed by atoms with Gasteiger partial charge in [0.2, 0.25) is 0 Å². The predicted octanol–water partition coefficient (Wildman–Crippen LogP) is 3.38. The Morgan fingerprint density at radius 3 is 2.56 bits per heavy atom. The summed E-state index contributed by atoms with van der Waals surface area (Å²) in [4.78, 5) is 2.36. The van der Waals surface area contributed by atoms with Crippen molar-refractivity contribution in [2.24, 2.45) is 0 Å². The Labute approximate surface area is 119 Å². The lowest BCUT2D eigenvalue weighted by atomic mass is 9.85. The summed E-state index contributed by atoms with van der Waals surface area (Å²) in [5, 5.41) is 12.0. The SMILES string of the molecule is CCN1CCC(O)(Cc2cc(Cl)ccc2Cl)CC1. The van der Waals surface area contributed by atoms with Gasteiger partial charge < -0.3 is 10.0 Å². The number of halogens is 2. The molecule has 1 fully saturated rings. The number of rotatable bonds is 3. The van der Waals surface area contributed by atoms with Crippen LogP contribution in [0.4, 0.5) is 0 Å². The zero-order chi connectivity index (χ0) is 13.2. The number of nitrogens with zero attached hydrogens (tertiary/aromatic N) is 1. The molecule has 0 spiro atoms. The first-order valence-corrected chi connectivity index (χ1v) is 7.17. The minimum absolute atomic E-state index is 0.587. The molecule has 18 heavy (non-hydrogen) atoms. The summed E-state index contributed by atoms with van der Waals surface area (Å²) in [6, 6.07) is 5.43. The maximum absolute atomic E-state index is 10.6. The molecule has 1 aliphatic rings. The van der Waals surface area contributed by atoms with Crippen molar-refractivity contribution in [3.8, 4) is 0 Å². The Bertz CT molecular complexity index is 414. The van der Waals surface area contributed by atoms with Crippen LogP contribution in [0.15, 0.2) is 18.2 Å². The first kappa shape index (κ1) is 14.1. The molecule has 0 unspecified atom stereocenters. The van der Waals surface area contributed by atoms with Crippen LogP contribution in [-0.2, 0) is 6.42 Å². The second kappa shape index (κ2) is 5.79. The van der Waals surface area contributed by atoms with Crippen LogP contribution >= 0.6 is 23.2 Å². The maximum atomic E-state index is 10.6. The summed E-state index contributed by atoms with van der Waals surface area (Å²) in [6.07, 6.45) is 2.18. The van der Waals surface area contributed by atoms with E-state index in [0.717, 1.165) is 38.0 Å². The molecule has 0 aromatic heterocycles. The minimum Gasteiger partial charge on any atom is -0.389 e. The summed E-state index contributed by atoms with van der Waals surface area (Å²) in [5.74, 6) is 0. The van der Waals surface area contributed by atoms with E-state index < -0.39 is 5.60 Å². The predicted molar refractivity (Wildman–Crippen MR) is 76.5 cm³/mol. The van der Waals surface area contributed by atoms with Gasteiger partial charge in [0.1, 0.15) is 0 Å². The first-order valence-electron chi connectivity index (χ1n) is 6.41. The van der Waals surface area contributed by atoms with E-state index in [4.69, 9.17) is 23.2 Å². The van der Waals surface area contributed by atoms with Gasteiger partial charge in [-0.15, -0.1) is 0 Å². The van der Waals surface area contributed by atoms with Gasteiger partial charge in [0.05, 0.1) is 5.60 Å². The van der Waals surface area contributed by atoms with Crippen molar-refractivity contribution in [3.63, 3.8) is 0 Å². The fourth-order valence-electron chi connectivity index (χ4n) is 2.50. The topological polar surface area (TPSA) is 23.5 Å². The normalized spacial score (nSPS) is 20.0. The van der Waals surface area contributed by atoms with E-state index in [1.54, 1.807) is 12.1 Å². The van der Waals surface area contributed by atoms with Crippen molar-refractivity contribution < 1.29 is 5.11 Å². The van der Waals surface area contributed by atoms with Crippen molar-refractivity contribution in [2.45, 2.75) is 31.8 Å². The number of benzene rings is 1. The molecule has 100 valence electrons. The summed E-state index contributed by atoms with van der Waals surface area (Å²) >= 11 is 12.1. The molecule has 0 bridgehead atoms. The molecule has 2 rings (SSSR count). The quantitative estimate of drug-likeness (QED) is 0.921. The first-order chi connectivity index (χ1) is 8.52. The minimum atomic E-state index is -0.639. The van der Waals surface area contributed by atoms with Crippen LogP contribution < -0.4 is 0 Å². The highest BCUT2D eigenvalue weighted by atomic mass is 35.5. The lowest BCUT2D eigenvalue weighted by molar-refractivity contribution is -0.0193. The lowest BCUT2D eigenvalue weighted by Crippen LogP contribution is -2.45. The van der Waals surface area contributed by atoms with Crippen molar-refractivity contribution in [1.29, 1.82) is 0 Å². The molecule has 4 heteroatoms. The zero-order valence-electron chi connectivity index (χ0n) is 10.6. The van der Waals surface area contributed by atoms with E-state index in [-0.39, 0.29) is 0 Å². The van der Waals surface area contributed by atoms with Gasteiger partial charge >= 0.3 is 0 Å². The van der Waals surface area contributed by atoms with Gasteiger partial charge in [-0.1, -0.05) is 30.1 Å². The molecule has 0 amide bonds. The van der Waals surface area contributed by atoms with Gasteiger partial charge in [0.15, 0.2) is 0 Å². The van der Waals surface area contributed by atoms with Gasteiger partial charge in [-0.05, 0) is 43.1 Å². The summed E-state index contributed by atoms with van der Waals surface area (Å²) in [5.41, 5.74) is 0.302. The highest BCUT2D eigenvalue weighted by molar-refractivity contribution is 6.33. The number of hydrogen-bond donors (Lipinski definition) is 1. The fraction of sp³-hybridized carbons (Fsp3) is 0.571. The molecule has 0 radical (unpaired) electrons. The van der Waals surface area contributed by atoms with Crippen LogP contribution in [-0.4, -0.2) is 35.2 Å². The van der Waals surface area contributed by atoms with Crippen molar-refractivity contribution >= 4 is 23.2 Å². The highest BCUT2D eigenvalue weighted by Crippen LogP contribution is 2.30. The van der Waals surface area contributed by atoms with E-state index in [1.807, 2.05) is 6.07 Å². The smallest absolute Gasteiger partial charge is 0.0712 e. The Hall–Kier alpha value is -0.280. The molecule has 1 aliphatic heterocycles. The molecule has 0 aliphatic carbocycles. The number of likely N-dealkylation sites (tertiary alicyclic amines) is 1. The largest absolute Gasteiger partial charge is 0.389 e. The highest BCUT2D eigenvalue weighted by Gasteiger charge is 2.32. The molecule has 0 atom stereocenters. The van der Waals surface area contributed by atoms with E-state index in [2.05, 4.69) is 11.8 Å². The van der Waals surface area contributed by atoms with Crippen LogP contribution in [0.25, 0.3) is 0 Å². The fourth-order valence-corrected chi connectivity index (χ4v) is 2.87. The maximum Gasteiger partial charge on any atom is 0.0712 e. The van der Waals surface area contributed by atoms with E-state index >= 15 is 0 Å². The average Bonchev–Trinajstić information content (AvgIpc) is 2.35. The zero-order valence-corrected chi connectivity index (χ0v) is 12.1. The molecule has 1 aromatic rings. The summed E-state index contributed by atoms with van der Waals surface area (Å²) < 4.78 is 0. The van der Waals surface area contributed by atoms with E-state index in [1.165, 1.54) is 0 Å². The van der Waals surface area contributed by atoms with Crippen LogP contribution in [0.3, 0.4) is 0 Å². The standard InChI is InChI=1S/C14H19Cl2NO/c1-2-17-7-5-14(18,6-8-17)10-11-9-12(15)3-4-13(11)16/h3-4,9,18H,2,5-8,10H2,1H3. The van der Waals surface area contributed by atoms with Crippen molar-refractivity contribution in [2.75, 3.05) is 19.6 Å². The number of hydrogen-bond acceptors (Lipinski definition) is 2. The second-order valence-electron chi connectivity index (χ2n) is 5.07. The number of piperidine rings is 1. The third-order valence-electron chi connectivity index (χ3n) is 3.76. The Balaban J connectivity index is 2.06. The van der Waals surface area contributed by atoms with E-state index in [9.17, 15) is 5.11 Å². The van der Waals surface area contributed by atoms with Crippen LogP contribution in [0, 0.1) is 0 Å². The molecular formula is C14H19Cl2NO. The monoisotopic (exact) mass is 287 g/mol. The van der Waals surface area contributed by atoms with Crippen molar-refractivity contribution in [3.05, 3.63) is 33.8 Å². The molecule has 1 aromatic carbocycles. The van der Waals surface area contributed by atoms with Gasteiger partial charge in [0, 0.05) is 29.6 Å². The third kappa shape index (κ3) is 3.39. The van der Waals surface area contributed by atoms with Crippen molar-refractivity contribution in [1.82, 2.24) is 4.90 Å². The third-order valence-corrected chi connectivity index (χ3v) is 4.37. The van der Waals surface area contributed by atoms with Crippen LogP contribution in [0.1, 0.15) is 25.3 Å². The number of aliphatic hydroxyl groups is 1. The summed E-state index contributed by atoms with van der Waals surface area (Å²) in [6.45, 7) is 5.10. The molecule has 1 N–H and O–H groups in total. The molecule has 0 saturated carbocycles. The van der Waals surface area contributed by atoms with Gasteiger partial charge in [-0.3, -0.25) is 0 Å². The average molecular weight is 288 g/mol. The molecular weight excluding hydrogens is 269 g/mol. The van der Waals surface area contributed by atoms with Gasteiger partial charge in [0.25, 0.3) is 0 Å². The lowest BCUT2D eigenvalue weighted by Gasteiger charge is -2.38. The molecule has 1 saturated heterocycles. The Morgan fingerprint density at radius 1 is 1.28 bits per heavy atom. The van der Waals surface area contributed by atoms with E-state index in [0.29, 0.717) is 16.5 Å². The van der Waals surface area contributed by atoms with Gasteiger partial charge in [-0.2, -0.15) is 0 Å². The van der Waals surface area contributed by atoms with Crippen LogP contribution in [0.2, 0.25) is 10.0 Å². The van der Waals surface area contributed by atoms with Gasteiger partial charge in [-0.25, -0.2) is 0 Å². The second-order valence-corrected chi connectivity index (χ2v) is 5.91.